The number of ether oxygens (including phenoxy) is 1. The lowest BCUT2D eigenvalue weighted by Gasteiger charge is -2.08. The first-order valence-corrected chi connectivity index (χ1v) is 9.36. The number of amides is 1. The van der Waals surface area contributed by atoms with Crippen molar-refractivity contribution < 1.29 is 9.53 Å². The van der Waals surface area contributed by atoms with Crippen LogP contribution >= 0.6 is 0 Å². The monoisotopic (exact) mass is 374 g/mol. The predicted octanol–water partition coefficient (Wildman–Crippen LogP) is 3.32. The van der Waals surface area contributed by atoms with Crippen molar-refractivity contribution >= 4 is 22.3 Å². The molecule has 0 unspecified atom stereocenters. The Morgan fingerprint density at radius 1 is 1.14 bits per heavy atom. The molecule has 4 rings (SSSR count). The summed E-state index contributed by atoms with van der Waals surface area (Å²) in [6, 6.07) is 15.8. The molecule has 0 spiro atoms. The maximum absolute atomic E-state index is 12.0. The molecule has 0 aliphatic carbocycles. The quantitative estimate of drug-likeness (QED) is 0.504. The lowest BCUT2D eigenvalue weighted by atomic mass is 10.1. The summed E-state index contributed by atoms with van der Waals surface area (Å²) in [4.78, 5) is 16.4. The van der Waals surface area contributed by atoms with Crippen molar-refractivity contribution in [3.63, 3.8) is 0 Å². The molecule has 2 aromatic carbocycles. The summed E-state index contributed by atoms with van der Waals surface area (Å²) in [6.45, 7) is 2.55. The molecule has 0 aliphatic heterocycles. The molecule has 2 heterocycles. The maximum atomic E-state index is 12.0. The molecule has 1 amide bonds. The Bertz CT molecular complexity index is 1120. The summed E-state index contributed by atoms with van der Waals surface area (Å²) in [7, 11) is 0. The van der Waals surface area contributed by atoms with Crippen LogP contribution in [0.3, 0.4) is 0 Å². The minimum atomic E-state index is -0.121. The van der Waals surface area contributed by atoms with E-state index in [1.807, 2.05) is 67.8 Å². The van der Waals surface area contributed by atoms with Crippen molar-refractivity contribution in [3.8, 4) is 5.75 Å². The van der Waals surface area contributed by atoms with Gasteiger partial charge < -0.3 is 10.1 Å². The van der Waals surface area contributed by atoms with Crippen molar-refractivity contribution in [2.45, 2.75) is 19.8 Å². The van der Waals surface area contributed by atoms with Crippen LogP contribution < -0.4 is 10.1 Å². The van der Waals surface area contributed by atoms with Crippen molar-refractivity contribution in [2.75, 3.05) is 13.2 Å². The van der Waals surface area contributed by atoms with E-state index >= 15 is 0 Å². The van der Waals surface area contributed by atoms with Gasteiger partial charge in [-0.05, 0) is 48.2 Å². The molecule has 0 aliphatic rings. The number of nitrogens with one attached hydrogen (secondary N) is 1. The van der Waals surface area contributed by atoms with Gasteiger partial charge in [-0.15, -0.1) is 0 Å². The van der Waals surface area contributed by atoms with Crippen molar-refractivity contribution in [1.29, 1.82) is 0 Å². The molecule has 0 atom stereocenters. The molecule has 28 heavy (non-hydrogen) atoms. The van der Waals surface area contributed by atoms with Crippen LogP contribution in [0.25, 0.3) is 16.4 Å². The van der Waals surface area contributed by atoms with Crippen LogP contribution in [0.4, 0.5) is 0 Å². The fourth-order valence-corrected chi connectivity index (χ4v) is 3.14. The van der Waals surface area contributed by atoms with Gasteiger partial charge in [0.1, 0.15) is 5.75 Å². The number of hydrogen-bond acceptors (Lipinski definition) is 4. The number of carbonyl (C=O) groups excluding carboxylic acids is 1. The van der Waals surface area contributed by atoms with Gasteiger partial charge in [-0.25, -0.2) is 9.50 Å². The Kier molecular flexibility index (Phi) is 5.19. The first kappa shape index (κ1) is 18.0. The molecule has 0 radical (unpaired) electrons. The van der Waals surface area contributed by atoms with E-state index in [0.29, 0.717) is 12.3 Å². The Hall–Kier alpha value is -3.41. The molecule has 0 fully saturated rings. The van der Waals surface area contributed by atoms with E-state index in [-0.39, 0.29) is 12.5 Å². The number of aromatic nitrogens is 3. The smallest absolute Gasteiger partial charge is 0.257 e. The molecule has 6 nitrogen and oxygen atoms in total. The molecule has 0 saturated carbocycles. The van der Waals surface area contributed by atoms with Crippen LogP contribution in [0.5, 0.6) is 5.75 Å². The van der Waals surface area contributed by atoms with Gasteiger partial charge in [-0.2, -0.15) is 5.10 Å². The van der Waals surface area contributed by atoms with Gasteiger partial charge in [0.25, 0.3) is 5.91 Å². The molecule has 2 aromatic heterocycles. The summed E-state index contributed by atoms with van der Waals surface area (Å²) in [6.07, 6.45) is 5.50. The number of benzene rings is 2. The summed E-state index contributed by atoms with van der Waals surface area (Å²) in [5.74, 6) is 0.576. The lowest BCUT2D eigenvalue weighted by molar-refractivity contribution is -0.123. The van der Waals surface area contributed by atoms with Crippen molar-refractivity contribution in [2.24, 2.45) is 0 Å². The Morgan fingerprint density at radius 3 is 2.89 bits per heavy atom. The van der Waals surface area contributed by atoms with E-state index in [1.165, 1.54) is 0 Å². The van der Waals surface area contributed by atoms with Crippen LogP contribution in [-0.2, 0) is 11.2 Å². The van der Waals surface area contributed by atoms with Gasteiger partial charge in [-0.3, -0.25) is 4.79 Å². The number of rotatable bonds is 7. The third-order valence-corrected chi connectivity index (χ3v) is 4.54. The highest BCUT2D eigenvalue weighted by atomic mass is 16.5. The summed E-state index contributed by atoms with van der Waals surface area (Å²) >= 11 is 0. The highest BCUT2D eigenvalue weighted by Gasteiger charge is 2.04. The molecule has 142 valence electrons. The van der Waals surface area contributed by atoms with Crippen molar-refractivity contribution in [1.82, 2.24) is 19.9 Å². The van der Waals surface area contributed by atoms with Crippen LogP contribution in [0.1, 0.15) is 17.7 Å². The van der Waals surface area contributed by atoms with E-state index in [2.05, 4.69) is 15.4 Å². The van der Waals surface area contributed by atoms with Crippen LogP contribution in [0.15, 0.2) is 60.9 Å². The maximum Gasteiger partial charge on any atom is 0.257 e. The zero-order chi connectivity index (χ0) is 19.3. The second-order valence-electron chi connectivity index (χ2n) is 6.80. The Balaban J connectivity index is 1.21. The summed E-state index contributed by atoms with van der Waals surface area (Å²) < 4.78 is 7.40. The minimum absolute atomic E-state index is 0.0123. The highest BCUT2D eigenvalue weighted by Crippen LogP contribution is 2.20. The summed E-state index contributed by atoms with van der Waals surface area (Å²) in [5.41, 5.74) is 2.89. The number of hydrogen-bond donors (Lipinski definition) is 1. The second kappa shape index (κ2) is 8.08. The molecule has 0 bridgehead atoms. The molecule has 4 aromatic rings. The first-order valence-electron chi connectivity index (χ1n) is 9.36. The van der Waals surface area contributed by atoms with E-state index in [4.69, 9.17) is 4.74 Å². The second-order valence-corrected chi connectivity index (χ2v) is 6.80. The Morgan fingerprint density at radius 2 is 2.00 bits per heavy atom. The van der Waals surface area contributed by atoms with Gasteiger partial charge in [0.2, 0.25) is 0 Å². The zero-order valence-corrected chi connectivity index (χ0v) is 15.8. The topological polar surface area (TPSA) is 68.5 Å². The van der Waals surface area contributed by atoms with Gasteiger partial charge >= 0.3 is 0 Å². The molecule has 0 saturated heterocycles. The first-order chi connectivity index (χ1) is 13.7. The van der Waals surface area contributed by atoms with Crippen LogP contribution in [0.2, 0.25) is 0 Å². The van der Waals surface area contributed by atoms with Gasteiger partial charge in [0.05, 0.1) is 5.69 Å². The van der Waals surface area contributed by atoms with E-state index in [9.17, 15) is 4.79 Å². The third kappa shape index (κ3) is 4.28. The van der Waals surface area contributed by atoms with E-state index in [1.54, 1.807) is 4.52 Å². The SMILES string of the molecule is Cc1cc2ncc(CCCNC(=O)COc3ccc4ccccc4c3)cn2n1. The average molecular weight is 374 g/mol. The number of nitrogens with zero attached hydrogens (tertiary/aromatic N) is 3. The Labute approximate surface area is 163 Å². The zero-order valence-electron chi connectivity index (χ0n) is 15.8. The van der Waals surface area contributed by atoms with Gasteiger partial charge in [-0.1, -0.05) is 30.3 Å². The largest absolute Gasteiger partial charge is 0.484 e. The average Bonchev–Trinajstić information content (AvgIpc) is 3.08. The fourth-order valence-electron chi connectivity index (χ4n) is 3.14. The van der Waals surface area contributed by atoms with Gasteiger partial charge in [0, 0.05) is 25.0 Å². The number of aryl methyl sites for hydroxylation is 2. The molecule has 6 heteroatoms. The minimum Gasteiger partial charge on any atom is -0.484 e. The number of carbonyl (C=O) groups is 1. The lowest BCUT2D eigenvalue weighted by Crippen LogP contribution is -2.29. The van der Waals surface area contributed by atoms with Gasteiger partial charge in [0.15, 0.2) is 12.3 Å². The summed E-state index contributed by atoms with van der Waals surface area (Å²) in [5, 5.41) is 9.51. The van der Waals surface area contributed by atoms with E-state index < -0.39 is 0 Å². The fraction of sp³-hybridized carbons (Fsp3) is 0.227. The van der Waals surface area contributed by atoms with Crippen molar-refractivity contribution in [3.05, 3.63) is 72.2 Å². The number of fused-ring (bicyclic) bond motifs is 2. The van der Waals surface area contributed by atoms with Crippen LogP contribution in [0, 0.1) is 6.92 Å². The van der Waals surface area contributed by atoms with Crippen LogP contribution in [-0.4, -0.2) is 33.7 Å². The molecule has 1 N–H and O–H groups in total. The highest BCUT2D eigenvalue weighted by molar-refractivity contribution is 5.84. The molecular weight excluding hydrogens is 352 g/mol. The molecular formula is C22H22N4O2. The normalized spacial score (nSPS) is 11.0. The van der Waals surface area contributed by atoms with E-state index in [0.717, 1.165) is 40.5 Å². The predicted molar refractivity (Wildman–Crippen MR) is 108 cm³/mol. The third-order valence-electron chi connectivity index (χ3n) is 4.54. The standard InChI is InChI=1S/C22H22N4O2/c1-16-11-21-24-13-17(14-26(21)25-16)5-4-10-23-22(27)15-28-20-9-8-18-6-2-3-7-19(18)12-20/h2-3,6-9,11-14H,4-5,10,15H2,1H3,(H,23,27).